The highest BCUT2D eigenvalue weighted by Crippen LogP contribution is 2.49. The fraction of sp³-hybridized carbons (Fsp3) is 0.278. The zero-order valence-electron chi connectivity index (χ0n) is 13.3. The Hall–Kier alpha value is -2.47. The van der Waals surface area contributed by atoms with E-state index < -0.39 is 11.8 Å². The first-order chi connectivity index (χ1) is 11.5. The zero-order valence-corrected chi connectivity index (χ0v) is 13.3. The number of aromatic nitrogens is 1. The molecule has 0 unspecified atom stereocenters. The standard InChI is InChI=1S/C18H16F2N2O2/c1-3-21-12-7-5-4-6-11(12)15-13(21)8-9-14-16(15)18(19,20)17(23)22(14)10-24-2/h4-9H,3,10H2,1-2H3. The number of nitrogens with zero attached hydrogens (tertiary/aromatic N) is 2. The number of methoxy groups -OCH3 is 1. The first kappa shape index (κ1) is 15.1. The molecular weight excluding hydrogens is 314 g/mol. The molecule has 0 N–H and O–H groups in total. The van der Waals surface area contributed by atoms with Crippen molar-refractivity contribution < 1.29 is 18.3 Å². The minimum absolute atomic E-state index is 0.195. The Balaban J connectivity index is 2.17. The number of hydrogen-bond donors (Lipinski definition) is 0. The Kier molecular flexibility index (Phi) is 3.15. The minimum Gasteiger partial charge on any atom is -0.364 e. The van der Waals surface area contributed by atoms with Gasteiger partial charge in [0.25, 0.3) is 0 Å². The number of amides is 1. The molecule has 0 spiro atoms. The van der Waals surface area contributed by atoms with Crippen molar-refractivity contribution in [3.63, 3.8) is 0 Å². The Bertz CT molecular complexity index is 978. The highest BCUT2D eigenvalue weighted by Gasteiger charge is 2.54. The fourth-order valence-corrected chi connectivity index (χ4v) is 3.65. The summed E-state index contributed by atoms with van der Waals surface area (Å²) >= 11 is 0. The van der Waals surface area contributed by atoms with Gasteiger partial charge >= 0.3 is 11.8 Å². The molecule has 24 heavy (non-hydrogen) atoms. The van der Waals surface area contributed by atoms with E-state index in [0.29, 0.717) is 17.4 Å². The van der Waals surface area contributed by atoms with E-state index >= 15 is 0 Å². The van der Waals surface area contributed by atoms with E-state index in [0.717, 1.165) is 15.8 Å². The van der Waals surface area contributed by atoms with Crippen LogP contribution in [0.4, 0.5) is 14.5 Å². The lowest BCUT2D eigenvalue weighted by molar-refractivity contribution is -0.142. The molecule has 1 aliphatic rings. The second-order valence-corrected chi connectivity index (χ2v) is 5.84. The molecule has 0 fully saturated rings. The first-order valence-electron chi connectivity index (χ1n) is 7.75. The molecule has 2 heterocycles. The average Bonchev–Trinajstić information content (AvgIpc) is 3.00. The lowest BCUT2D eigenvalue weighted by atomic mass is 10.0. The lowest BCUT2D eigenvalue weighted by Crippen LogP contribution is -2.35. The molecule has 4 rings (SSSR count). The highest BCUT2D eigenvalue weighted by molar-refractivity contribution is 6.18. The largest absolute Gasteiger partial charge is 0.364 e. The van der Waals surface area contributed by atoms with Gasteiger partial charge in [0.05, 0.1) is 11.3 Å². The summed E-state index contributed by atoms with van der Waals surface area (Å²) in [5.74, 6) is -4.80. The Labute approximate surface area is 137 Å². The van der Waals surface area contributed by atoms with E-state index in [-0.39, 0.29) is 18.0 Å². The third kappa shape index (κ3) is 1.72. The van der Waals surface area contributed by atoms with Crippen LogP contribution in [0.5, 0.6) is 0 Å². The summed E-state index contributed by atoms with van der Waals surface area (Å²) in [6.07, 6.45) is 0. The number of halogens is 2. The Morgan fingerprint density at radius 2 is 1.88 bits per heavy atom. The second-order valence-electron chi connectivity index (χ2n) is 5.84. The van der Waals surface area contributed by atoms with Crippen molar-refractivity contribution in [3.05, 3.63) is 42.0 Å². The van der Waals surface area contributed by atoms with Crippen LogP contribution in [0.3, 0.4) is 0 Å². The smallest absolute Gasteiger partial charge is 0.353 e. The maximum absolute atomic E-state index is 14.8. The summed E-state index contributed by atoms with van der Waals surface area (Å²) in [7, 11) is 1.38. The summed E-state index contributed by atoms with van der Waals surface area (Å²) in [4.78, 5) is 13.2. The predicted octanol–water partition coefficient (Wildman–Crippen LogP) is 3.86. The molecule has 1 aromatic heterocycles. The van der Waals surface area contributed by atoms with Gasteiger partial charge in [-0.1, -0.05) is 18.2 Å². The summed E-state index contributed by atoms with van der Waals surface area (Å²) in [5.41, 5.74) is 1.60. The quantitative estimate of drug-likeness (QED) is 0.731. The SMILES string of the molecule is CCn1c2ccccc2c2c3c(ccc21)N(COC)C(=O)C3(F)F. The van der Waals surface area contributed by atoms with Gasteiger partial charge in [0.1, 0.15) is 6.73 Å². The number of rotatable bonds is 3. The molecule has 0 radical (unpaired) electrons. The fourth-order valence-electron chi connectivity index (χ4n) is 3.65. The van der Waals surface area contributed by atoms with Crippen molar-refractivity contribution in [1.82, 2.24) is 4.57 Å². The van der Waals surface area contributed by atoms with Crippen LogP contribution in [0, 0.1) is 0 Å². The first-order valence-corrected chi connectivity index (χ1v) is 7.75. The minimum atomic E-state index is -3.56. The van der Waals surface area contributed by atoms with Gasteiger partial charge in [0.15, 0.2) is 0 Å². The zero-order chi connectivity index (χ0) is 17.1. The molecule has 6 heteroatoms. The van der Waals surface area contributed by atoms with Crippen LogP contribution in [0.15, 0.2) is 36.4 Å². The number of alkyl halides is 2. The highest BCUT2D eigenvalue weighted by atomic mass is 19.3. The van der Waals surface area contributed by atoms with Gasteiger partial charge in [-0.15, -0.1) is 0 Å². The van der Waals surface area contributed by atoms with Crippen LogP contribution in [0.25, 0.3) is 21.8 Å². The van der Waals surface area contributed by atoms with E-state index in [1.165, 1.54) is 7.11 Å². The monoisotopic (exact) mass is 330 g/mol. The van der Waals surface area contributed by atoms with Crippen LogP contribution < -0.4 is 4.90 Å². The number of aryl methyl sites for hydroxylation is 1. The van der Waals surface area contributed by atoms with Gasteiger partial charge in [-0.25, -0.2) is 0 Å². The number of benzene rings is 2. The number of para-hydroxylation sites is 1. The van der Waals surface area contributed by atoms with E-state index in [9.17, 15) is 13.6 Å². The molecule has 0 saturated heterocycles. The summed E-state index contributed by atoms with van der Waals surface area (Å²) in [6.45, 7) is 2.43. The number of carbonyl (C=O) groups is 1. The molecule has 1 amide bonds. The molecule has 0 atom stereocenters. The van der Waals surface area contributed by atoms with E-state index in [1.807, 2.05) is 35.8 Å². The van der Waals surface area contributed by atoms with E-state index in [4.69, 9.17) is 4.74 Å². The van der Waals surface area contributed by atoms with Crippen molar-refractivity contribution in [2.45, 2.75) is 19.4 Å². The van der Waals surface area contributed by atoms with Crippen molar-refractivity contribution >= 4 is 33.4 Å². The normalized spacial score (nSPS) is 16.3. The number of ether oxygens (including phenoxy) is 1. The van der Waals surface area contributed by atoms with Crippen molar-refractivity contribution in [3.8, 4) is 0 Å². The number of fused-ring (bicyclic) bond motifs is 5. The molecule has 0 saturated carbocycles. The van der Waals surface area contributed by atoms with E-state index in [1.54, 1.807) is 12.1 Å². The van der Waals surface area contributed by atoms with Crippen LogP contribution in [-0.2, 0) is 22.0 Å². The topological polar surface area (TPSA) is 34.5 Å². The van der Waals surface area contributed by atoms with Crippen LogP contribution in [0.2, 0.25) is 0 Å². The molecule has 4 nitrogen and oxygen atoms in total. The number of anilines is 1. The maximum atomic E-state index is 14.8. The van der Waals surface area contributed by atoms with E-state index in [2.05, 4.69) is 0 Å². The molecule has 124 valence electrons. The van der Waals surface area contributed by atoms with Gasteiger partial charge in [-0.3, -0.25) is 9.69 Å². The van der Waals surface area contributed by atoms with Gasteiger partial charge < -0.3 is 9.30 Å². The molecule has 1 aliphatic heterocycles. The number of hydrogen-bond acceptors (Lipinski definition) is 2. The summed E-state index contributed by atoms with van der Waals surface area (Å²) < 4.78 is 36.6. The predicted molar refractivity (Wildman–Crippen MR) is 88.4 cm³/mol. The Morgan fingerprint density at radius 1 is 1.12 bits per heavy atom. The Morgan fingerprint density at radius 3 is 2.58 bits per heavy atom. The van der Waals surface area contributed by atoms with Gasteiger partial charge in [-0.2, -0.15) is 8.78 Å². The van der Waals surface area contributed by atoms with Gasteiger partial charge in [0, 0.05) is 35.5 Å². The third-order valence-corrected chi connectivity index (χ3v) is 4.61. The third-order valence-electron chi connectivity index (χ3n) is 4.61. The van der Waals surface area contributed by atoms with Crippen molar-refractivity contribution in [2.75, 3.05) is 18.7 Å². The van der Waals surface area contributed by atoms with Gasteiger partial charge in [-0.05, 0) is 25.1 Å². The van der Waals surface area contributed by atoms with Crippen LogP contribution >= 0.6 is 0 Å². The molecule has 0 aliphatic carbocycles. The summed E-state index contributed by atoms with van der Waals surface area (Å²) in [5, 5.41) is 1.18. The average molecular weight is 330 g/mol. The molecule has 0 bridgehead atoms. The lowest BCUT2D eigenvalue weighted by Gasteiger charge is -2.15. The van der Waals surface area contributed by atoms with Crippen LogP contribution in [-0.4, -0.2) is 24.3 Å². The molecule has 3 aromatic rings. The molecular formula is C18H16F2N2O2. The maximum Gasteiger partial charge on any atom is 0.353 e. The van der Waals surface area contributed by atoms with Crippen LogP contribution in [0.1, 0.15) is 12.5 Å². The molecule has 2 aromatic carbocycles. The second kappa shape index (κ2) is 5.01. The van der Waals surface area contributed by atoms with Gasteiger partial charge in [0.2, 0.25) is 0 Å². The van der Waals surface area contributed by atoms with Crippen molar-refractivity contribution in [2.24, 2.45) is 0 Å². The summed E-state index contributed by atoms with van der Waals surface area (Å²) in [6, 6.07) is 10.8. The van der Waals surface area contributed by atoms with Crippen molar-refractivity contribution in [1.29, 1.82) is 0 Å². The number of carbonyl (C=O) groups excluding carboxylic acids is 1.